The zero-order valence-corrected chi connectivity index (χ0v) is 14.1. The Morgan fingerprint density at radius 2 is 1.88 bits per heavy atom. The molecule has 26 heavy (non-hydrogen) atoms. The fourth-order valence-electron chi connectivity index (χ4n) is 3.30. The third-order valence-corrected chi connectivity index (χ3v) is 4.97. The van der Waals surface area contributed by atoms with Gasteiger partial charge in [0.15, 0.2) is 0 Å². The minimum atomic E-state index is -4.42. The highest BCUT2D eigenvalue weighted by Crippen LogP contribution is 2.40. The van der Waals surface area contributed by atoms with Crippen LogP contribution in [-0.4, -0.2) is 11.7 Å². The molecule has 1 heterocycles. The number of carbonyl (C=O) groups is 1. The molecule has 3 nitrogen and oxygen atoms in total. The smallest absolute Gasteiger partial charge is 0.321 e. The van der Waals surface area contributed by atoms with Crippen molar-refractivity contribution in [1.82, 2.24) is 0 Å². The molecule has 0 spiro atoms. The number of hydrogen-bond acceptors (Lipinski definition) is 1. The normalized spacial score (nSPS) is 23.2. The SMILES string of the molecule is C[C@H]1C[C@H]1C(=O)N=C1c2ccccc2CN1c1cccc(C(F)(F)F)c1. The molecule has 1 amide bonds. The number of anilines is 1. The van der Waals surface area contributed by atoms with Gasteiger partial charge in [-0.1, -0.05) is 37.3 Å². The maximum absolute atomic E-state index is 13.1. The number of carbonyl (C=O) groups excluding carboxylic acids is 1. The molecule has 1 saturated carbocycles. The highest BCUT2D eigenvalue weighted by Gasteiger charge is 2.40. The number of nitrogens with zero attached hydrogens (tertiary/aromatic N) is 2. The molecule has 0 saturated heterocycles. The Kier molecular flexibility index (Phi) is 3.86. The minimum Gasteiger partial charge on any atom is -0.321 e. The lowest BCUT2D eigenvalue weighted by Crippen LogP contribution is -2.26. The van der Waals surface area contributed by atoms with Crippen molar-refractivity contribution >= 4 is 17.4 Å². The third kappa shape index (κ3) is 3.00. The van der Waals surface area contributed by atoms with Crippen LogP contribution in [0.3, 0.4) is 0 Å². The first-order valence-corrected chi connectivity index (χ1v) is 8.50. The Hall–Kier alpha value is -2.63. The number of fused-ring (bicyclic) bond motifs is 1. The van der Waals surface area contributed by atoms with E-state index >= 15 is 0 Å². The number of benzene rings is 2. The first kappa shape index (κ1) is 16.8. The predicted octanol–water partition coefficient (Wildman–Crippen LogP) is 4.65. The minimum absolute atomic E-state index is 0.0707. The first-order chi connectivity index (χ1) is 12.3. The van der Waals surface area contributed by atoms with Crippen molar-refractivity contribution in [2.45, 2.75) is 26.1 Å². The summed E-state index contributed by atoms with van der Waals surface area (Å²) in [6.45, 7) is 2.39. The molecule has 0 aromatic heterocycles. The summed E-state index contributed by atoms with van der Waals surface area (Å²) in [6.07, 6.45) is -3.60. The number of amides is 1. The molecule has 0 bridgehead atoms. The highest BCUT2D eigenvalue weighted by molar-refractivity contribution is 6.17. The fourth-order valence-corrected chi connectivity index (χ4v) is 3.30. The second-order valence-corrected chi connectivity index (χ2v) is 6.88. The van der Waals surface area contributed by atoms with Crippen molar-refractivity contribution in [2.75, 3.05) is 4.90 Å². The van der Waals surface area contributed by atoms with Crippen molar-refractivity contribution in [3.05, 3.63) is 65.2 Å². The Labute approximate surface area is 149 Å². The summed E-state index contributed by atoms with van der Waals surface area (Å²) in [4.78, 5) is 18.4. The van der Waals surface area contributed by atoms with E-state index in [1.54, 1.807) is 11.0 Å². The standard InChI is InChI=1S/C20H17F3N2O/c1-12-9-17(12)19(26)24-18-16-8-3-2-5-13(16)11-25(18)15-7-4-6-14(10-15)20(21,22)23/h2-8,10,12,17H,9,11H2,1H3/t12-,17+/m0/s1. The summed E-state index contributed by atoms with van der Waals surface area (Å²) in [5, 5.41) is 0. The van der Waals surface area contributed by atoms with Crippen LogP contribution in [-0.2, 0) is 17.5 Å². The molecular weight excluding hydrogens is 341 g/mol. The summed E-state index contributed by atoms with van der Waals surface area (Å²) < 4.78 is 39.2. The molecule has 2 aromatic carbocycles. The molecule has 0 N–H and O–H groups in total. The Balaban J connectivity index is 1.76. The van der Waals surface area contributed by atoms with Gasteiger partial charge in [0.1, 0.15) is 5.84 Å². The molecule has 134 valence electrons. The summed E-state index contributed by atoms with van der Waals surface area (Å²) >= 11 is 0. The average molecular weight is 358 g/mol. The molecule has 0 unspecified atom stereocenters. The Bertz CT molecular complexity index is 904. The van der Waals surface area contributed by atoms with Crippen molar-refractivity contribution in [2.24, 2.45) is 16.8 Å². The van der Waals surface area contributed by atoms with E-state index < -0.39 is 11.7 Å². The first-order valence-electron chi connectivity index (χ1n) is 8.50. The van der Waals surface area contributed by atoms with Crippen molar-refractivity contribution < 1.29 is 18.0 Å². The van der Waals surface area contributed by atoms with Crippen LogP contribution in [0.2, 0.25) is 0 Å². The van der Waals surface area contributed by atoms with Gasteiger partial charge in [-0.25, -0.2) is 0 Å². The van der Waals surface area contributed by atoms with Crippen molar-refractivity contribution in [3.8, 4) is 0 Å². The van der Waals surface area contributed by atoms with Crippen LogP contribution in [0.1, 0.15) is 30.0 Å². The molecule has 4 rings (SSSR count). The van der Waals surface area contributed by atoms with E-state index in [9.17, 15) is 18.0 Å². The Morgan fingerprint density at radius 3 is 2.58 bits per heavy atom. The van der Waals surface area contributed by atoms with Crippen LogP contribution in [0.4, 0.5) is 18.9 Å². The lowest BCUT2D eigenvalue weighted by molar-refractivity contribution is -0.137. The van der Waals surface area contributed by atoms with E-state index in [1.165, 1.54) is 6.07 Å². The second-order valence-electron chi connectivity index (χ2n) is 6.88. The van der Waals surface area contributed by atoms with Gasteiger partial charge in [0.05, 0.1) is 12.1 Å². The summed E-state index contributed by atoms with van der Waals surface area (Å²) in [6, 6.07) is 12.6. The van der Waals surface area contributed by atoms with Crippen molar-refractivity contribution in [3.63, 3.8) is 0 Å². The van der Waals surface area contributed by atoms with Gasteiger partial charge in [0.2, 0.25) is 0 Å². The van der Waals surface area contributed by atoms with Crippen LogP contribution >= 0.6 is 0 Å². The highest BCUT2D eigenvalue weighted by atomic mass is 19.4. The zero-order valence-electron chi connectivity index (χ0n) is 14.1. The molecule has 2 aromatic rings. The molecular formula is C20H17F3N2O. The van der Waals surface area contributed by atoms with E-state index in [4.69, 9.17) is 0 Å². The number of hydrogen-bond donors (Lipinski definition) is 0. The van der Waals surface area contributed by atoms with Gasteiger partial charge >= 0.3 is 6.18 Å². The fraction of sp³-hybridized carbons (Fsp3) is 0.300. The molecule has 0 radical (unpaired) electrons. The van der Waals surface area contributed by atoms with Gasteiger partial charge in [0.25, 0.3) is 5.91 Å². The van der Waals surface area contributed by atoms with E-state index in [1.807, 2.05) is 31.2 Å². The molecule has 1 fully saturated rings. The predicted molar refractivity (Wildman–Crippen MR) is 92.9 cm³/mol. The van der Waals surface area contributed by atoms with Gasteiger partial charge in [-0.05, 0) is 36.1 Å². The van der Waals surface area contributed by atoms with E-state index in [2.05, 4.69) is 4.99 Å². The van der Waals surface area contributed by atoms with Crippen LogP contribution in [0, 0.1) is 11.8 Å². The van der Waals surface area contributed by atoms with Crippen molar-refractivity contribution in [1.29, 1.82) is 0 Å². The van der Waals surface area contributed by atoms with E-state index in [0.29, 0.717) is 24.0 Å². The summed E-state index contributed by atoms with van der Waals surface area (Å²) in [5.74, 6) is 0.495. The van der Waals surface area contributed by atoms with Gasteiger partial charge < -0.3 is 4.90 Å². The average Bonchev–Trinajstić information content (AvgIpc) is 3.24. The van der Waals surface area contributed by atoms with Gasteiger partial charge in [-0.15, -0.1) is 0 Å². The van der Waals surface area contributed by atoms with Gasteiger partial charge in [0, 0.05) is 17.2 Å². The van der Waals surface area contributed by atoms with Crippen LogP contribution < -0.4 is 4.90 Å². The maximum atomic E-state index is 13.1. The second kappa shape index (κ2) is 5.97. The molecule has 1 aliphatic heterocycles. The number of alkyl halides is 3. The number of amidine groups is 1. The number of aliphatic imine (C=N–C) groups is 1. The van der Waals surface area contributed by atoms with Crippen LogP contribution in [0.5, 0.6) is 0 Å². The van der Waals surface area contributed by atoms with Crippen LogP contribution in [0.25, 0.3) is 0 Å². The molecule has 2 aliphatic rings. The quantitative estimate of drug-likeness (QED) is 0.782. The number of halogens is 3. The van der Waals surface area contributed by atoms with Crippen LogP contribution in [0.15, 0.2) is 53.5 Å². The largest absolute Gasteiger partial charge is 0.416 e. The molecule has 2 atom stereocenters. The zero-order chi connectivity index (χ0) is 18.5. The number of rotatable bonds is 2. The van der Waals surface area contributed by atoms with Gasteiger partial charge in [-0.2, -0.15) is 18.2 Å². The maximum Gasteiger partial charge on any atom is 0.416 e. The van der Waals surface area contributed by atoms with E-state index in [-0.39, 0.29) is 11.8 Å². The Morgan fingerprint density at radius 1 is 1.15 bits per heavy atom. The topological polar surface area (TPSA) is 32.7 Å². The van der Waals surface area contributed by atoms with E-state index in [0.717, 1.165) is 29.7 Å². The summed E-state index contributed by atoms with van der Waals surface area (Å²) in [7, 11) is 0. The third-order valence-electron chi connectivity index (χ3n) is 4.97. The monoisotopic (exact) mass is 358 g/mol. The summed E-state index contributed by atoms with van der Waals surface area (Å²) in [5.41, 5.74) is 1.41. The lowest BCUT2D eigenvalue weighted by Gasteiger charge is -2.20. The lowest BCUT2D eigenvalue weighted by atomic mass is 10.1. The molecule has 6 heteroatoms. The molecule has 1 aliphatic carbocycles. The van der Waals surface area contributed by atoms with Gasteiger partial charge in [-0.3, -0.25) is 4.79 Å².